The minimum Gasteiger partial charge on any atom is -0.493 e. The molecular weight excluding hydrogens is 406 g/mol. The van der Waals surface area contributed by atoms with Gasteiger partial charge >= 0.3 is 5.97 Å². The van der Waals surface area contributed by atoms with Crippen molar-refractivity contribution in [2.24, 2.45) is 0 Å². The highest BCUT2D eigenvalue weighted by atomic mass is 16.5. The van der Waals surface area contributed by atoms with Gasteiger partial charge in [0.1, 0.15) is 6.10 Å². The molecule has 1 unspecified atom stereocenters. The van der Waals surface area contributed by atoms with Gasteiger partial charge in [0.25, 0.3) is 0 Å². The molecule has 4 rings (SSSR count). The summed E-state index contributed by atoms with van der Waals surface area (Å²) in [6.07, 6.45) is 7.23. The van der Waals surface area contributed by atoms with Gasteiger partial charge in [-0.2, -0.15) is 0 Å². The van der Waals surface area contributed by atoms with Crippen molar-refractivity contribution in [1.29, 1.82) is 0 Å². The van der Waals surface area contributed by atoms with Gasteiger partial charge in [-0.3, -0.25) is 4.79 Å². The Balaban J connectivity index is 1.76. The summed E-state index contributed by atoms with van der Waals surface area (Å²) in [5.41, 5.74) is 3.73. The quantitative estimate of drug-likeness (QED) is 0.633. The lowest BCUT2D eigenvalue weighted by atomic mass is 9.75. The Labute approximate surface area is 190 Å². The van der Waals surface area contributed by atoms with Crippen LogP contribution in [-0.4, -0.2) is 31.6 Å². The second-order valence-corrected chi connectivity index (χ2v) is 8.77. The lowest BCUT2D eigenvalue weighted by Crippen LogP contribution is -2.35. The van der Waals surface area contributed by atoms with E-state index in [4.69, 9.17) is 14.2 Å². The van der Waals surface area contributed by atoms with Crippen LogP contribution in [0, 0.1) is 0 Å². The number of carbonyl (C=O) groups is 2. The van der Waals surface area contributed by atoms with E-state index in [1.165, 1.54) is 6.42 Å². The van der Waals surface area contributed by atoms with E-state index >= 15 is 0 Å². The third-order valence-electron chi connectivity index (χ3n) is 6.64. The maximum Gasteiger partial charge on any atom is 0.337 e. The van der Waals surface area contributed by atoms with E-state index in [2.05, 4.69) is 5.32 Å². The summed E-state index contributed by atoms with van der Waals surface area (Å²) >= 11 is 0. The first kappa shape index (κ1) is 22.4. The number of ketones is 1. The fraction of sp³-hybridized carbons (Fsp3) is 0.538. The Morgan fingerprint density at radius 1 is 1.09 bits per heavy atom. The highest BCUT2D eigenvalue weighted by molar-refractivity contribution is 6.03. The molecule has 6 nitrogen and oxygen atoms in total. The summed E-state index contributed by atoms with van der Waals surface area (Å²) in [6, 6.07) is 5.67. The third kappa shape index (κ3) is 4.41. The Morgan fingerprint density at radius 2 is 1.88 bits per heavy atom. The number of nitrogens with one attached hydrogen (secondary N) is 1. The molecule has 32 heavy (non-hydrogen) atoms. The number of hydrogen-bond donors (Lipinski definition) is 1. The Bertz CT molecular complexity index is 955. The van der Waals surface area contributed by atoms with Crippen LogP contribution < -0.4 is 14.8 Å². The number of dihydropyridines is 1. The number of Topliss-reactive ketones (excluding diaryl/α,β-unsaturated/α-hetero) is 1. The van der Waals surface area contributed by atoms with Gasteiger partial charge in [-0.05, 0) is 70.1 Å². The average Bonchev–Trinajstić information content (AvgIpc) is 2.79. The zero-order valence-corrected chi connectivity index (χ0v) is 19.3. The molecule has 0 radical (unpaired) electrons. The molecule has 1 atom stereocenters. The first-order valence-corrected chi connectivity index (χ1v) is 11.8. The second kappa shape index (κ2) is 9.80. The molecule has 0 aromatic heterocycles. The number of hydrogen-bond acceptors (Lipinski definition) is 6. The summed E-state index contributed by atoms with van der Waals surface area (Å²) < 4.78 is 17.2. The SMILES string of the molecule is CCOc1ccc(C2C(C(=O)OC3CCCCC3)=C(C)NC3=C2C(=O)CCC3)cc1OC. The zero-order valence-electron chi connectivity index (χ0n) is 19.3. The summed E-state index contributed by atoms with van der Waals surface area (Å²) in [5, 5.41) is 3.36. The third-order valence-corrected chi connectivity index (χ3v) is 6.64. The molecule has 1 fully saturated rings. The van der Waals surface area contributed by atoms with Crippen LogP contribution >= 0.6 is 0 Å². The smallest absolute Gasteiger partial charge is 0.337 e. The van der Waals surface area contributed by atoms with E-state index in [9.17, 15) is 9.59 Å². The molecule has 3 aliphatic rings. The molecule has 1 aromatic carbocycles. The van der Waals surface area contributed by atoms with E-state index in [1.54, 1.807) is 7.11 Å². The van der Waals surface area contributed by atoms with Crippen molar-refractivity contribution in [3.05, 3.63) is 46.3 Å². The largest absolute Gasteiger partial charge is 0.493 e. The molecule has 2 aliphatic carbocycles. The molecule has 0 spiro atoms. The van der Waals surface area contributed by atoms with Crippen LogP contribution in [0.4, 0.5) is 0 Å². The van der Waals surface area contributed by atoms with Crippen LogP contribution in [0.25, 0.3) is 0 Å². The van der Waals surface area contributed by atoms with Crippen LogP contribution in [0.1, 0.15) is 76.7 Å². The molecule has 1 N–H and O–H groups in total. The van der Waals surface area contributed by atoms with Gasteiger partial charge in [0.2, 0.25) is 0 Å². The van der Waals surface area contributed by atoms with Crippen molar-refractivity contribution in [2.75, 3.05) is 13.7 Å². The molecular formula is C26H33NO5. The van der Waals surface area contributed by atoms with Gasteiger partial charge in [0.05, 0.1) is 19.3 Å². The van der Waals surface area contributed by atoms with Gasteiger partial charge < -0.3 is 19.5 Å². The number of esters is 1. The summed E-state index contributed by atoms with van der Waals surface area (Å²) in [5.74, 6) is 0.520. The molecule has 1 heterocycles. The van der Waals surface area contributed by atoms with E-state index < -0.39 is 5.92 Å². The lowest BCUT2D eigenvalue weighted by Gasteiger charge is -2.35. The monoisotopic (exact) mass is 439 g/mol. The van der Waals surface area contributed by atoms with Crippen LogP contribution in [0.2, 0.25) is 0 Å². The predicted octanol–water partition coefficient (Wildman–Crippen LogP) is 4.94. The molecule has 1 saturated carbocycles. The molecule has 1 aromatic rings. The minimum absolute atomic E-state index is 0.0514. The highest BCUT2D eigenvalue weighted by Crippen LogP contribution is 2.44. The van der Waals surface area contributed by atoms with E-state index in [0.29, 0.717) is 35.7 Å². The van der Waals surface area contributed by atoms with Crippen LogP contribution in [0.15, 0.2) is 40.7 Å². The molecule has 0 saturated heterocycles. The fourth-order valence-corrected chi connectivity index (χ4v) is 5.12. The van der Waals surface area contributed by atoms with Crippen molar-refractivity contribution in [3.8, 4) is 11.5 Å². The maximum atomic E-state index is 13.5. The molecule has 1 aliphatic heterocycles. The number of carbonyl (C=O) groups excluding carboxylic acids is 2. The number of allylic oxidation sites excluding steroid dienone is 3. The zero-order chi connectivity index (χ0) is 22.7. The van der Waals surface area contributed by atoms with Gasteiger partial charge in [0, 0.05) is 29.3 Å². The van der Waals surface area contributed by atoms with Crippen molar-refractivity contribution in [2.45, 2.75) is 77.2 Å². The number of benzene rings is 1. The summed E-state index contributed by atoms with van der Waals surface area (Å²) in [7, 11) is 1.60. The van der Waals surface area contributed by atoms with Gasteiger partial charge in [-0.15, -0.1) is 0 Å². The summed E-state index contributed by atoms with van der Waals surface area (Å²) in [4.78, 5) is 26.5. The Morgan fingerprint density at radius 3 is 2.59 bits per heavy atom. The van der Waals surface area contributed by atoms with Crippen molar-refractivity contribution in [3.63, 3.8) is 0 Å². The number of ether oxygens (including phenoxy) is 3. The van der Waals surface area contributed by atoms with Crippen LogP contribution in [0.3, 0.4) is 0 Å². The normalized spacial score (nSPS) is 21.7. The van der Waals surface area contributed by atoms with Crippen molar-refractivity contribution in [1.82, 2.24) is 5.32 Å². The minimum atomic E-state index is -0.472. The van der Waals surface area contributed by atoms with E-state index in [0.717, 1.165) is 55.5 Å². The topological polar surface area (TPSA) is 73.9 Å². The molecule has 172 valence electrons. The molecule has 6 heteroatoms. The van der Waals surface area contributed by atoms with E-state index in [-0.39, 0.29) is 17.9 Å². The Kier molecular flexibility index (Phi) is 6.87. The van der Waals surface area contributed by atoms with Gasteiger partial charge in [-0.25, -0.2) is 4.79 Å². The van der Waals surface area contributed by atoms with Crippen molar-refractivity contribution >= 4 is 11.8 Å². The van der Waals surface area contributed by atoms with Crippen molar-refractivity contribution < 1.29 is 23.8 Å². The maximum absolute atomic E-state index is 13.5. The first-order valence-electron chi connectivity index (χ1n) is 11.8. The Hall–Kier alpha value is -2.76. The fourth-order valence-electron chi connectivity index (χ4n) is 5.12. The number of methoxy groups -OCH3 is 1. The summed E-state index contributed by atoms with van der Waals surface area (Å²) in [6.45, 7) is 4.34. The van der Waals surface area contributed by atoms with E-state index in [1.807, 2.05) is 32.0 Å². The predicted molar refractivity (Wildman–Crippen MR) is 122 cm³/mol. The number of rotatable bonds is 6. The highest BCUT2D eigenvalue weighted by Gasteiger charge is 2.40. The first-order chi connectivity index (χ1) is 15.5. The average molecular weight is 440 g/mol. The second-order valence-electron chi connectivity index (χ2n) is 8.77. The van der Waals surface area contributed by atoms with Gasteiger partial charge in [-0.1, -0.05) is 12.5 Å². The van der Waals surface area contributed by atoms with Gasteiger partial charge in [0.15, 0.2) is 17.3 Å². The lowest BCUT2D eigenvalue weighted by molar-refractivity contribution is -0.146. The van der Waals surface area contributed by atoms with Crippen LogP contribution in [0.5, 0.6) is 11.5 Å². The standard InChI is InChI=1S/C26H33NO5/c1-4-31-21-14-13-17(15-22(21)30-3)24-23(26(29)32-18-9-6-5-7-10-18)16(2)27-19-11-8-12-20(28)25(19)24/h13-15,18,24,27H,4-12H2,1-3H3. The molecule has 0 bridgehead atoms. The van der Waals surface area contributed by atoms with Crippen LogP contribution in [-0.2, 0) is 14.3 Å². The molecule has 0 amide bonds.